The van der Waals surface area contributed by atoms with Crippen molar-refractivity contribution < 1.29 is 24.2 Å². The fraction of sp³-hybridized carbons (Fsp3) is 0.710. The summed E-state index contributed by atoms with van der Waals surface area (Å²) in [7, 11) is 0. The molecule has 0 aliphatic heterocycles. The van der Waals surface area contributed by atoms with E-state index in [1.165, 1.54) is 0 Å². The Bertz CT molecular complexity index is 1000. The largest absolute Gasteiger partial charge is 0.481 e. The highest BCUT2D eigenvalue weighted by molar-refractivity contribution is 5.89. The van der Waals surface area contributed by atoms with E-state index < -0.39 is 5.97 Å². The zero-order chi connectivity index (χ0) is 25.7. The molecule has 1 aromatic rings. The average Bonchev–Trinajstić information content (AvgIpc) is 3.22. The van der Waals surface area contributed by atoms with E-state index in [0.29, 0.717) is 60.2 Å². The minimum atomic E-state index is -0.740. The van der Waals surface area contributed by atoms with Gasteiger partial charge in [0, 0.05) is 24.7 Å². The maximum absolute atomic E-state index is 13.4. The van der Waals surface area contributed by atoms with Crippen molar-refractivity contribution in [3.8, 4) is 0 Å². The Hall–Kier alpha value is -2.17. The van der Waals surface area contributed by atoms with E-state index in [1.54, 1.807) is 0 Å². The van der Waals surface area contributed by atoms with Gasteiger partial charge in [0.15, 0.2) is 0 Å². The first-order chi connectivity index (χ1) is 17.1. The van der Waals surface area contributed by atoms with Crippen LogP contribution in [0.4, 0.5) is 0 Å². The first-order valence-electron chi connectivity index (χ1n) is 14.1. The van der Waals surface area contributed by atoms with Gasteiger partial charge in [0.05, 0.1) is 5.56 Å². The van der Waals surface area contributed by atoms with E-state index in [9.17, 15) is 19.5 Å². The van der Waals surface area contributed by atoms with Crippen LogP contribution in [0.1, 0.15) is 95.3 Å². The van der Waals surface area contributed by atoms with E-state index in [0.717, 1.165) is 38.5 Å². The monoisotopic (exact) mass is 494 g/mol. The third kappa shape index (κ3) is 4.20. The molecular formula is C31H42O5. The molecule has 0 spiro atoms. The summed E-state index contributed by atoms with van der Waals surface area (Å²) in [6.45, 7) is 6.97. The van der Waals surface area contributed by atoms with Crippen LogP contribution in [0.25, 0.3) is 0 Å². The van der Waals surface area contributed by atoms with E-state index in [1.807, 2.05) is 30.3 Å². The molecule has 1 N–H and O–H groups in total. The number of benzene rings is 1. The number of carboxylic acids is 1. The summed E-state index contributed by atoms with van der Waals surface area (Å²) < 4.78 is 6.47. The second-order valence-electron chi connectivity index (χ2n) is 12.9. The van der Waals surface area contributed by atoms with Crippen molar-refractivity contribution in [2.24, 2.45) is 46.3 Å². The van der Waals surface area contributed by atoms with Gasteiger partial charge in [-0.2, -0.15) is 0 Å². The second kappa shape index (κ2) is 9.61. The molecule has 196 valence electrons. The van der Waals surface area contributed by atoms with Gasteiger partial charge in [-0.05, 0) is 98.0 Å². The van der Waals surface area contributed by atoms with E-state index >= 15 is 0 Å². The molecule has 4 saturated carbocycles. The molecule has 0 amide bonds. The van der Waals surface area contributed by atoms with Crippen LogP contribution in [0, 0.1) is 46.3 Å². The summed E-state index contributed by atoms with van der Waals surface area (Å²) in [5.74, 6) is 2.00. The Morgan fingerprint density at radius 3 is 2.56 bits per heavy atom. The Morgan fingerprint density at radius 2 is 1.83 bits per heavy atom. The van der Waals surface area contributed by atoms with Gasteiger partial charge in [-0.1, -0.05) is 39.0 Å². The van der Waals surface area contributed by atoms with Gasteiger partial charge in [-0.25, -0.2) is 4.79 Å². The Kier molecular flexibility index (Phi) is 6.80. The third-order valence-corrected chi connectivity index (χ3v) is 11.4. The topological polar surface area (TPSA) is 80.7 Å². The Labute approximate surface area is 215 Å². The molecule has 5 rings (SSSR count). The van der Waals surface area contributed by atoms with Crippen molar-refractivity contribution >= 4 is 17.7 Å². The van der Waals surface area contributed by atoms with Crippen LogP contribution in [-0.4, -0.2) is 28.9 Å². The molecular weight excluding hydrogens is 452 g/mol. The lowest BCUT2D eigenvalue weighted by molar-refractivity contribution is -0.172. The molecule has 4 fully saturated rings. The van der Waals surface area contributed by atoms with E-state index in [4.69, 9.17) is 4.74 Å². The summed E-state index contributed by atoms with van der Waals surface area (Å²) >= 11 is 0. The number of esters is 1. The van der Waals surface area contributed by atoms with Crippen LogP contribution in [0.15, 0.2) is 30.3 Å². The van der Waals surface area contributed by atoms with Crippen LogP contribution in [0.5, 0.6) is 0 Å². The number of carbonyl (C=O) groups excluding carboxylic acids is 2. The van der Waals surface area contributed by atoms with Crippen molar-refractivity contribution in [1.82, 2.24) is 0 Å². The summed E-state index contributed by atoms with van der Waals surface area (Å²) in [6, 6.07) is 9.29. The number of aliphatic carboxylic acids is 1. The van der Waals surface area contributed by atoms with Crippen molar-refractivity contribution in [2.75, 3.05) is 0 Å². The number of carbonyl (C=O) groups is 3. The van der Waals surface area contributed by atoms with Gasteiger partial charge in [-0.3, -0.25) is 9.59 Å². The molecule has 9 atom stereocenters. The van der Waals surface area contributed by atoms with Gasteiger partial charge < -0.3 is 9.84 Å². The molecule has 5 heteroatoms. The molecule has 0 saturated heterocycles. The summed E-state index contributed by atoms with van der Waals surface area (Å²) in [4.78, 5) is 37.0. The standard InChI is InChI=1S/C31H42O5/c1-19(9-14-28(33)34)24-12-13-25-23-11-10-21-17-22(32)15-16-30(21,2)26(23)18-27(31(24,25)3)36-29(35)20-7-5-4-6-8-20/h4-8,19,21,23-27H,9-18H2,1-3H3,(H,33,34)/t19-,21+,23-,24+,25-,26-,27-,30-,31+/m0/s1. The van der Waals surface area contributed by atoms with Crippen molar-refractivity contribution in [3.63, 3.8) is 0 Å². The second-order valence-corrected chi connectivity index (χ2v) is 12.9. The lowest BCUT2D eigenvalue weighted by Crippen LogP contribution is -2.59. The predicted octanol–water partition coefficient (Wildman–Crippen LogP) is 6.55. The predicted molar refractivity (Wildman–Crippen MR) is 137 cm³/mol. The smallest absolute Gasteiger partial charge is 0.338 e. The maximum atomic E-state index is 13.4. The minimum absolute atomic E-state index is 0.128. The summed E-state index contributed by atoms with van der Waals surface area (Å²) in [5, 5.41) is 9.32. The van der Waals surface area contributed by atoms with E-state index in [2.05, 4.69) is 20.8 Å². The quantitative estimate of drug-likeness (QED) is 0.454. The molecule has 0 radical (unpaired) electrons. The minimum Gasteiger partial charge on any atom is -0.481 e. The van der Waals surface area contributed by atoms with Crippen molar-refractivity contribution in [3.05, 3.63) is 35.9 Å². The molecule has 0 heterocycles. The lowest BCUT2D eigenvalue weighted by atomic mass is 9.43. The fourth-order valence-corrected chi connectivity index (χ4v) is 9.44. The molecule has 4 aliphatic carbocycles. The van der Waals surface area contributed by atoms with Crippen LogP contribution in [-0.2, 0) is 14.3 Å². The van der Waals surface area contributed by atoms with Crippen LogP contribution in [0.3, 0.4) is 0 Å². The van der Waals surface area contributed by atoms with Crippen LogP contribution in [0.2, 0.25) is 0 Å². The zero-order valence-electron chi connectivity index (χ0n) is 22.1. The molecule has 0 unspecified atom stereocenters. The molecule has 5 nitrogen and oxygen atoms in total. The number of fused-ring (bicyclic) bond motifs is 5. The van der Waals surface area contributed by atoms with Crippen molar-refractivity contribution in [1.29, 1.82) is 0 Å². The summed E-state index contributed by atoms with van der Waals surface area (Å²) in [5.41, 5.74) is 0.559. The fourth-order valence-electron chi connectivity index (χ4n) is 9.44. The van der Waals surface area contributed by atoms with Gasteiger partial charge in [0.1, 0.15) is 11.9 Å². The highest BCUT2D eigenvalue weighted by atomic mass is 16.5. The van der Waals surface area contributed by atoms with E-state index in [-0.39, 0.29) is 35.2 Å². The molecule has 36 heavy (non-hydrogen) atoms. The number of Topliss-reactive ketones (excluding diaryl/α,β-unsaturated/α-hetero) is 1. The van der Waals surface area contributed by atoms with Gasteiger partial charge in [-0.15, -0.1) is 0 Å². The first kappa shape index (κ1) is 25.5. The molecule has 0 bridgehead atoms. The van der Waals surface area contributed by atoms with Crippen LogP contribution >= 0.6 is 0 Å². The molecule has 4 aliphatic rings. The highest BCUT2D eigenvalue weighted by Crippen LogP contribution is 2.68. The van der Waals surface area contributed by atoms with Gasteiger partial charge in [0.2, 0.25) is 0 Å². The maximum Gasteiger partial charge on any atom is 0.338 e. The number of hydrogen-bond donors (Lipinski definition) is 1. The molecule has 1 aromatic carbocycles. The number of hydrogen-bond acceptors (Lipinski definition) is 4. The number of ketones is 1. The Morgan fingerprint density at radius 1 is 1.08 bits per heavy atom. The highest BCUT2D eigenvalue weighted by Gasteiger charge is 2.65. The zero-order valence-corrected chi connectivity index (χ0v) is 22.1. The van der Waals surface area contributed by atoms with Gasteiger partial charge >= 0.3 is 11.9 Å². The number of rotatable bonds is 6. The molecule has 0 aromatic heterocycles. The summed E-state index contributed by atoms with van der Waals surface area (Å²) in [6.07, 6.45) is 8.36. The third-order valence-electron chi connectivity index (χ3n) is 11.4. The Balaban J connectivity index is 1.48. The lowest BCUT2D eigenvalue weighted by Gasteiger charge is -2.62. The number of ether oxygens (including phenoxy) is 1. The van der Waals surface area contributed by atoms with Crippen molar-refractivity contribution in [2.45, 2.75) is 91.1 Å². The SMILES string of the molecule is C[C@@H](CCC(=O)O)[C@H]1CC[C@H]2[C@@H]3CC[C@@H]4CC(=O)CC[C@]4(C)[C@H]3C[C@H](OC(=O)c3ccccc3)[C@]12C. The first-order valence-corrected chi connectivity index (χ1v) is 14.1. The van der Waals surface area contributed by atoms with Crippen LogP contribution < -0.4 is 0 Å². The number of carboxylic acid groups (broad SMARTS) is 1. The average molecular weight is 495 g/mol. The normalized spacial score (nSPS) is 40.5. The van der Waals surface area contributed by atoms with Gasteiger partial charge in [0.25, 0.3) is 0 Å².